The van der Waals surface area contributed by atoms with E-state index in [1.807, 2.05) is 30.0 Å². The zero-order valence-corrected chi connectivity index (χ0v) is 15.8. The van der Waals surface area contributed by atoms with Crippen molar-refractivity contribution in [1.82, 2.24) is 25.5 Å². The van der Waals surface area contributed by atoms with Crippen LogP contribution in [0.3, 0.4) is 0 Å². The maximum atomic E-state index is 12.6. The second kappa shape index (κ2) is 7.68. The van der Waals surface area contributed by atoms with E-state index in [9.17, 15) is 9.59 Å². The molecule has 0 radical (unpaired) electrons. The summed E-state index contributed by atoms with van der Waals surface area (Å²) in [5.74, 6) is 0.860. The van der Waals surface area contributed by atoms with Crippen LogP contribution in [0.5, 0.6) is 0 Å². The van der Waals surface area contributed by atoms with E-state index in [1.54, 1.807) is 0 Å². The van der Waals surface area contributed by atoms with Gasteiger partial charge in [0.05, 0.1) is 22.9 Å². The van der Waals surface area contributed by atoms with E-state index in [2.05, 4.69) is 20.6 Å². The van der Waals surface area contributed by atoms with Crippen LogP contribution < -0.4 is 10.6 Å². The standard InChI is InChI=1S/C20H27N5O2/c1-13-23-17-5-4-14(8-18(17)24-13)10-22-19(26)15-9-16(12-21-11-15)20(27)25-6-2-3-7-25/h4-5,8,15-16,21H,2-3,6-7,9-12H2,1H3,(H,22,26)(H,23,24)/t15-,16-/m1/s1. The Kier molecular flexibility index (Phi) is 5.11. The maximum absolute atomic E-state index is 12.6. The minimum atomic E-state index is -0.159. The Morgan fingerprint density at radius 2 is 2.00 bits per heavy atom. The van der Waals surface area contributed by atoms with Gasteiger partial charge in [-0.2, -0.15) is 0 Å². The van der Waals surface area contributed by atoms with Crippen LogP contribution in [0.25, 0.3) is 11.0 Å². The Hall–Kier alpha value is -2.41. The van der Waals surface area contributed by atoms with Crippen molar-refractivity contribution in [1.29, 1.82) is 0 Å². The van der Waals surface area contributed by atoms with Crippen molar-refractivity contribution in [3.63, 3.8) is 0 Å². The number of rotatable bonds is 4. The molecule has 0 spiro atoms. The van der Waals surface area contributed by atoms with Gasteiger partial charge in [-0.05, 0) is 43.9 Å². The summed E-state index contributed by atoms with van der Waals surface area (Å²) in [6, 6.07) is 5.98. The minimum Gasteiger partial charge on any atom is -0.352 e. The predicted molar refractivity (Wildman–Crippen MR) is 103 cm³/mol. The molecule has 0 unspecified atom stereocenters. The molecule has 7 heteroatoms. The molecule has 4 rings (SSSR count). The number of imidazole rings is 1. The van der Waals surface area contributed by atoms with Crippen LogP contribution in [-0.4, -0.2) is 52.9 Å². The molecule has 0 aliphatic carbocycles. The van der Waals surface area contributed by atoms with Crippen LogP contribution in [-0.2, 0) is 16.1 Å². The van der Waals surface area contributed by atoms with Gasteiger partial charge in [-0.25, -0.2) is 4.98 Å². The molecule has 2 aliphatic rings. The number of amides is 2. The highest BCUT2D eigenvalue weighted by atomic mass is 16.2. The number of aromatic nitrogens is 2. The van der Waals surface area contributed by atoms with Gasteiger partial charge in [-0.3, -0.25) is 9.59 Å². The third kappa shape index (κ3) is 3.98. The highest BCUT2D eigenvalue weighted by molar-refractivity contribution is 5.83. The molecule has 2 fully saturated rings. The third-order valence-corrected chi connectivity index (χ3v) is 5.62. The number of carbonyl (C=O) groups excluding carboxylic acids is 2. The molecule has 1 aromatic heterocycles. The zero-order valence-electron chi connectivity index (χ0n) is 15.8. The lowest BCUT2D eigenvalue weighted by Crippen LogP contribution is -2.48. The first-order valence-corrected chi connectivity index (χ1v) is 9.82. The summed E-state index contributed by atoms with van der Waals surface area (Å²) in [6.07, 6.45) is 2.82. The minimum absolute atomic E-state index is 0.0160. The van der Waals surface area contributed by atoms with Crippen molar-refractivity contribution in [3.05, 3.63) is 29.6 Å². The lowest BCUT2D eigenvalue weighted by Gasteiger charge is -2.31. The first kappa shape index (κ1) is 18.0. The predicted octanol–water partition coefficient (Wildman–Crippen LogP) is 1.34. The molecular formula is C20H27N5O2. The van der Waals surface area contributed by atoms with Gasteiger partial charge in [-0.15, -0.1) is 0 Å². The number of fused-ring (bicyclic) bond motifs is 1. The van der Waals surface area contributed by atoms with Crippen LogP contribution in [0.2, 0.25) is 0 Å². The van der Waals surface area contributed by atoms with E-state index in [0.29, 0.717) is 26.1 Å². The molecule has 2 saturated heterocycles. The van der Waals surface area contributed by atoms with Crippen molar-refractivity contribution in [2.75, 3.05) is 26.2 Å². The number of hydrogen-bond donors (Lipinski definition) is 3. The molecule has 1 aromatic carbocycles. The van der Waals surface area contributed by atoms with Crippen molar-refractivity contribution >= 4 is 22.8 Å². The molecule has 2 aromatic rings. The topological polar surface area (TPSA) is 90.1 Å². The number of benzene rings is 1. The van der Waals surface area contributed by atoms with Crippen LogP contribution in [0.15, 0.2) is 18.2 Å². The van der Waals surface area contributed by atoms with Crippen LogP contribution in [0, 0.1) is 18.8 Å². The molecule has 2 atom stereocenters. The van der Waals surface area contributed by atoms with Gasteiger partial charge in [0.15, 0.2) is 0 Å². The Morgan fingerprint density at radius 1 is 1.22 bits per heavy atom. The van der Waals surface area contributed by atoms with E-state index < -0.39 is 0 Å². The second-order valence-corrected chi connectivity index (χ2v) is 7.71. The Bertz CT molecular complexity index is 840. The number of nitrogens with one attached hydrogen (secondary N) is 3. The molecule has 144 valence electrons. The molecular weight excluding hydrogens is 342 g/mol. The molecule has 27 heavy (non-hydrogen) atoms. The van der Waals surface area contributed by atoms with Gasteiger partial charge in [0, 0.05) is 32.7 Å². The number of piperidine rings is 1. The average molecular weight is 369 g/mol. The normalized spacial score (nSPS) is 22.9. The number of aryl methyl sites for hydroxylation is 1. The van der Waals surface area contributed by atoms with E-state index in [-0.39, 0.29) is 23.7 Å². The second-order valence-electron chi connectivity index (χ2n) is 7.71. The monoisotopic (exact) mass is 369 g/mol. The summed E-state index contributed by atoms with van der Waals surface area (Å²) in [7, 11) is 0. The van der Waals surface area contributed by atoms with Crippen molar-refractivity contribution < 1.29 is 9.59 Å². The fourth-order valence-corrected chi connectivity index (χ4v) is 4.15. The van der Waals surface area contributed by atoms with Gasteiger partial charge < -0.3 is 20.5 Å². The highest BCUT2D eigenvalue weighted by Gasteiger charge is 2.33. The van der Waals surface area contributed by atoms with E-state index in [1.165, 1.54) is 0 Å². The SMILES string of the molecule is Cc1nc2ccc(CNC(=O)[C@H]3CNC[C@H](C(=O)N4CCCC4)C3)cc2[nH]1. The van der Waals surface area contributed by atoms with E-state index >= 15 is 0 Å². The first-order valence-electron chi connectivity index (χ1n) is 9.82. The van der Waals surface area contributed by atoms with Gasteiger partial charge in [0.1, 0.15) is 5.82 Å². The quantitative estimate of drug-likeness (QED) is 0.759. The number of nitrogens with zero attached hydrogens (tertiary/aromatic N) is 2. The van der Waals surface area contributed by atoms with Crippen LogP contribution >= 0.6 is 0 Å². The molecule has 3 heterocycles. The lowest BCUT2D eigenvalue weighted by atomic mass is 9.89. The molecule has 0 bridgehead atoms. The third-order valence-electron chi connectivity index (χ3n) is 5.62. The highest BCUT2D eigenvalue weighted by Crippen LogP contribution is 2.21. The molecule has 3 N–H and O–H groups in total. The summed E-state index contributed by atoms with van der Waals surface area (Å²) in [5.41, 5.74) is 2.95. The summed E-state index contributed by atoms with van der Waals surface area (Å²) < 4.78 is 0. The summed E-state index contributed by atoms with van der Waals surface area (Å²) in [5, 5.41) is 6.30. The number of aromatic amines is 1. The Balaban J connectivity index is 1.33. The molecule has 2 aliphatic heterocycles. The number of H-pyrrole nitrogens is 1. The van der Waals surface area contributed by atoms with E-state index in [4.69, 9.17) is 0 Å². The Labute approximate surface area is 158 Å². The van der Waals surface area contributed by atoms with Crippen LogP contribution in [0.4, 0.5) is 0 Å². The van der Waals surface area contributed by atoms with Gasteiger partial charge >= 0.3 is 0 Å². The maximum Gasteiger partial charge on any atom is 0.226 e. The fraction of sp³-hybridized carbons (Fsp3) is 0.550. The zero-order chi connectivity index (χ0) is 18.8. The van der Waals surface area contributed by atoms with Gasteiger partial charge in [0.2, 0.25) is 11.8 Å². The molecule has 0 saturated carbocycles. The molecule has 2 amide bonds. The van der Waals surface area contributed by atoms with Crippen LogP contribution in [0.1, 0.15) is 30.7 Å². The van der Waals surface area contributed by atoms with Gasteiger partial charge in [-0.1, -0.05) is 6.07 Å². The lowest BCUT2D eigenvalue weighted by molar-refractivity contribution is -0.136. The number of likely N-dealkylation sites (tertiary alicyclic amines) is 1. The van der Waals surface area contributed by atoms with Crippen molar-refractivity contribution in [2.24, 2.45) is 11.8 Å². The summed E-state index contributed by atoms with van der Waals surface area (Å²) >= 11 is 0. The largest absolute Gasteiger partial charge is 0.352 e. The summed E-state index contributed by atoms with van der Waals surface area (Å²) in [4.78, 5) is 34.8. The number of hydrogen-bond acceptors (Lipinski definition) is 4. The summed E-state index contributed by atoms with van der Waals surface area (Å²) in [6.45, 7) is 5.44. The van der Waals surface area contributed by atoms with Gasteiger partial charge in [0.25, 0.3) is 0 Å². The Morgan fingerprint density at radius 3 is 2.81 bits per heavy atom. The van der Waals surface area contributed by atoms with Crippen molar-refractivity contribution in [3.8, 4) is 0 Å². The number of carbonyl (C=O) groups is 2. The molecule has 7 nitrogen and oxygen atoms in total. The first-order chi connectivity index (χ1) is 13.1. The van der Waals surface area contributed by atoms with E-state index in [0.717, 1.165) is 48.4 Å². The average Bonchev–Trinajstić information content (AvgIpc) is 3.34. The van der Waals surface area contributed by atoms with Crippen molar-refractivity contribution in [2.45, 2.75) is 32.7 Å². The fourth-order valence-electron chi connectivity index (χ4n) is 4.15. The smallest absolute Gasteiger partial charge is 0.226 e.